The number of aliphatic hydroxyl groups is 1. The van der Waals surface area contributed by atoms with Crippen molar-refractivity contribution in [2.45, 2.75) is 25.5 Å². The van der Waals surface area contributed by atoms with E-state index in [2.05, 4.69) is 5.32 Å². The summed E-state index contributed by atoms with van der Waals surface area (Å²) in [7, 11) is 0. The van der Waals surface area contributed by atoms with Gasteiger partial charge in [0.15, 0.2) is 0 Å². The Morgan fingerprint density at radius 3 is 3.00 bits per heavy atom. The van der Waals surface area contributed by atoms with Gasteiger partial charge in [0, 0.05) is 18.8 Å². The summed E-state index contributed by atoms with van der Waals surface area (Å²) in [4.78, 5) is 14.0. The van der Waals surface area contributed by atoms with Gasteiger partial charge in [-0.05, 0) is 31.0 Å². The van der Waals surface area contributed by atoms with Crippen LogP contribution in [0.5, 0.6) is 0 Å². The maximum Gasteiger partial charge on any atom is 0.238 e. The van der Waals surface area contributed by atoms with E-state index in [1.54, 1.807) is 0 Å². The normalized spacial score (nSPS) is 20.2. The number of hydrogen-bond acceptors (Lipinski definition) is 4. The molecule has 1 aliphatic heterocycles. The summed E-state index contributed by atoms with van der Waals surface area (Å²) in [5, 5.41) is 12.5. The SMILES string of the molecule is NCc1ccccc1NC(=O)CN1CCCC(O)C1. The van der Waals surface area contributed by atoms with Crippen LogP contribution in [0.3, 0.4) is 0 Å². The zero-order valence-corrected chi connectivity index (χ0v) is 11.0. The Morgan fingerprint density at radius 1 is 1.47 bits per heavy atom. The first kappa shape index (κ1) is 14.0. The highest BCUT2D eigenvalue weighted by atomic mass is 16.3. The van der Waals surface area contributed by atoms with Crippen LogP contribution in [0, 0.1) is 0 Å². The lowest BCUT2D eigenvalue weighted by molar-refractivity contribution is -0.118. The first-order valence-corrected chi connectivity index (χ1v) is 6.67. The third-order valence-corrected chi connectivity index (χ3v) is 3.36. The fourth-order valence-corrected chi connectivity index (χ4v) is 2.39. The number of anilines is 1. The summed E-state index contributed by atoms with van der Waals surface area (Å²) < 4.78 is 0. The molecule has 5 heteroatoms. The van der Waals surface area contributed by atoms with Crippen LogP contribution in [0.1, 0.15) is 18.4 Å². The third-order valence-electron chi connectivity index (χ3n) is 3.36. The standard InChI is InChI=1S/C14H21N3O2/c15-8-11-4-1-2-6-13(11)16-14(19)10-17-7-3-5-12(18)9-17/h1-2,4,6,12,18H,3,5,7-10,15H2,(H,16,19). The molecule has 2 rings (SSSR count). The predicted octanol–water partition coefficient (Wildman–Crippen LogP) is 0.540. The number of aliphatic hydroxyl groups excluding tert-OH is 1. The highest BCUT2D eigenvalue weighted by Gasteiger charge is 2.19. The van der Waals surface area contributed by atoms with E-state index in [9.17, 15) is 9.90 Å². The molecule has 1 atom stereocenters. The van der Waals surface area contributed by atoms with Gasteiger partial charge in [0.05, 0.1) is 12.6 Å². The molecule has 0 spiro atoms. The lowest BCUT2D eigenvalue weighted by atomic mass is 10.1. The van der Waals surface area contributed by atoms with Gasteiger partial charge in [0.25, 0.3) is 0 Å². The smallest absolute Gasteiger partial charge is 0.238 e. The second kappa shape index (κ2) is 6.65. The Hall–Kier alpha value is -1.43. The summed E-state index contributed by atoms with van der Waals surface area (Å²) >= 11 is 0. The van der Waals surface area contributed by atoms with Crippen LogP contribution >= 0.6 is 0 Å². The minimum Gasteiger partial charge on any atom is -0.392 e. The second-order valence-electron chi connectivity index (χ2n) is 4.94. The average Bonchev–Trinajstić information content (AvgIpc) is 2.39. The molecule has 104 valence electrons. The Labute approximate surface area is 113 Å². The quantitative estimate of drug-likeness (QED) is 0.741. The number of β-amino-alcohol motifs (C(OH)–C–C–N with tert-alkyl or cyclic N) is 1. The number of nitrogens with one attached hydrogen (secondary N) is 1. The number of carbonyl (C=O) groups excluding carboxylic acids is 1. The van der Waals surface area contributed by atoms with Gasteiger partial charge in [-0.3, -0.25) is 9.69 Å². The van der Waals surface area contributed by atoms with Crippen molar-refractivity contribution in [1.82, 2.24) is 4.90 Å². The lowest BCUT2D eigenvalue weighted by Gasteiger charge is -2.29. The van der Waals surface area contributed by atoms with Crippen LogP contribution in [-0.4, -0.2) is 41.7 Å². The molecule has 1 aromatic carbocycles. The van der Waals surface area contributed by atoms with Gasteiger partial charge in [-0.25, -0.2) is 0 Å². The topological polar surface area (TPSA) is 78.6 Å². The number of para-hydroxylation sites is 1. The average molecular weight is 263 g/mol. The second-order valence-corrected chi connectivity index (χ2v) is 4.94. The molecule has 1 fully saturated rings. The van der Waals surface area contributed by atoms with E-state index < -0.39 is 0 Å². The number of likely N-dealkylation sites (tertiary alicyclic amines) is 1. The highest BCUT2D eigenvalue weighted by Crippen LogP contribution is 2.14. The van der Waals surface area contributed by atoms with Gasteiger partial charge < -0.3 is 16.2 Å². The molecule has 19 heavy (non-hydrogen) atoms. The van der Waals surface area contributed by atoms with E-state index in [0.717, 1.165) is 30.6 Å². The zero-order valence-electron chi connectivity index (χ0n) is 11.0. The van der Waals surface area contributed by atoms with Crippen LogP contribution < -0.4 is 11.1 Å². The number of rotatable bonds is 4. The van der Waals surface area contributed by atoms with Gasteiger partial charge in [-0.2, -0.15) is 0 Å². The van der Waals surface area contributed by atoms with Crippen molar-refractivity contribution in [2.24, 2.45) is 5.73 Å². The molecular weight excluding hydrogens is 242 g/mol. The molecular formula is C14H21N3O2. The van der Waals surface area contributed by atoms with Crippen molar-refractivity contribution in [3.8, 4) is 0 Å². The van der Waals surface area contributed by atoms with Crippen molar-refractivity contribution < 1.29 is 9.90 Å². The molecule has 4 N–H and O–H groups in total. The first-order chi connectivity index (χ1) is 9.19. The van der Waals surface area contributed by atoms with Crippen LogP contribution in [0.2, 0.25) is 0 Å². The number of carbonyl (C=O) groups is 1. The Kier molecular flexibility index (Phi) is 4.90. The van der Waals surface area contributed by atoms with Crippen LogP contribution in [0.25, 0.3) is 0 Å². The number of nitrogens with zero attached hydrogens (tertiary/aromatic N) is 1. The molecule has 5 nitrogen and oxygen atoms in total. The Morgan fingerprint density at radius 2 is 2.26 bits per heavy atom. The number of piperidine rings is 1. The maximum atomic E-state index is 12.0. The number of hydrogen-bond donors (Lipinski definition) is 3. The molecule has 0 bridgehead atoms. The third kappa shape index (κ3) is 4.02. The fraction of sp³-hybridized carbons (Fsp3) is 0.500. The van der Waals surface area contributed by atoms with Gasteiger partial charge in [0.1, 0.15) is 0 Å². The van der Waals surface area contributed by atoms with Crippen molar-refractivity contribution in [3.63, 3.8) is 0 Å². The van der Waals surface area contributed by atoms with E-state index in [4.69, 9.17) is 5.73 Å². The summed E-state index contributed by atoms with van der Waals surface area (Å²) in [6.07, 6.45) is 1.46. The predicted molar refractivity (Wildman–Crippen MR) is 74.6 cm³/mol. The molecule has 0 radical (unpaired) electrons. The fourth-order valence-electron chi connectivity index (χ4n) is 2.39. The summed E-state index contributed by atoms with van der Waals surface area (Å²) in [6.45, 7) is 2.16. The van der Waals surface area contributed by atoms with Gasteiger partial charge in [0.2, 0.25) is 5.91 Å². The molecule has 1 amide bonds. The number of amides is 1. The van der Waals surface area contributed by atoms with Gasteiger partial charge in [-0.15, -0.1) is 0 Å². The molecule has 1 unspecified atom stereocenters. The van der Waals surface area contributed by atoms with Crippen molar-refractivity contribution in [2.75, 3.05) is 25.0 Å². The number of nitrogens with two attached hydrogens (primary N) is 1. The maximum absolute atomic E-state index is 12.0. The molecule has 0 saturated carbocycles. The van der Waals surface area contributed by atoms with Crippen molar-refractivity contribution >= 4 is 11.6 Å². The van der Waals surface area contributed by atoms with Crippen molar-refractivity contribution in [1.29, 1.82) is 0 Å². The minimum absolute atomic E-state index is 0.0602. The molecule has 0 aromatic heterocycles. The lowest BCUT2D eigenvalue weighted by Crippen LogP contribution is -2.42. The van der Waals surface area contributed by atoms with Crippen LogP contribution in [0.4, 0.5) is 5.69 Å². The van der Waals surface area contributed by atoms with Crippen LogP contribution in [-0.2, 0) is 11.3 Å². The number of benzene rings is 1. The van der Waals surface area contributed by atoms with E-state index in [1.807, 2.05) is 29.2 Å². The first-order valence-electron chi connectivity index (χ1n) is 6.67. The molecule has 0 aliphatic carbocycles. The largest absolute Gasteiger partial charge is 0.392 e. The zero-order chi connectivity index (χ0) is 13.7. The van der Waals surface area contributed by atoms with E-state index in [1.165, 1.54) is 0 Å². The molecule has 1 aliphatic rings. The van der Waals surface area contributed by atoms with Crippen molar-refractivity contribution in [3.05, 3.63) is 29.8 Å². The van der Waals surface area contributed by atoms with Gasteiger partial charge in [-0.1, -0.05) is 18.2 Å². The molecule has 1 heterocycles. The molecule has 1 aromatic rings. The monoisotopic (exact) mass is 263 g/mol. The molecule has 1 saturated heterocycles. The summed E-state index contributed by atoms with van der Waals surface area (Å²) in [6, 6.07) is 7.53. The minimum atomic E-state index is -0.308. The van der Waals surface area contributed by atoms with E-state index >= 15 is 0 Å². The summed E-state index contributed by atoms with van der Waals surface area (Å²) in [5.41, 5.74) is 7.33. The Bertz CT molecular complexity index is 436. The summed E-state index contributed by atoms with van der Waals surface area (Å²) in [5.74, 6) is -0.0602. The van der Waals surface area contributed by atoms with E-state index in [-0.39, 0.29) is 12.0 Å². The van der Waals surface area contributed by atoms with Crippen LogP contribution in [0.15, 0.2) is 24.3 Å². The van der Waals surface area contributed by atoms with Gasteiger partial charge >= 0.3 is 0 Å². The highest BCUT2D eigenvalue weighted by molar-refractivity contribution is 5.93. The van der Waals surface area contributed by atoms with E-state index in [0.29, 0.717) is 19.6 Å². The Balaban J connectivity index is 1.90.